The minimum absolute atomic E-state index is 0.0150. The van der Waals surface area contributed by atoms with Crippen molar-refractivity contribution in [2.75, 3.05) is 19.6 Å². The molecule has 122 heavy (non-hydrogen) atoms. The molecule has 678 valence electrons. The summed E-state index contributed by atoms with van der Waals surface area (Å²) in [5, 5.41) is 59.1. The van der Waals surface area contributed by atoms with Gasteiger partial charge in [0.1, 0.15) is 76.5 Å². The molecule has 3 rings (SSSR count). The highest BCUT2D eigenvalue weighted by molar-refractivity contribution is 6.02. The minimum Gasteiger partial charge on any atom is -0.481 e. The molecule has 0 saturated heterocycles. The maximum absolute atomic E-state index is 15.2. The number of allylic oxidation sites excluding steroid dienone is 4. The molecule has 1 aromatic carbocycles. The highest BCUT2D eigenvalue weighted by Crippen LogP contribution is 2.24. The van der Waals surface area contributed by atoms with Gasteiger partial charge in [0.2, 0.25) is 94.5 Å². The normalized spacial score (nSPS) is 25.1. The molecule has 0 aromatic heterocycles. The second-order valence-electron chi connectivity index (χ2n) is 32.6. The van der Waals surface area contributed by atoms with E-state index in [0.717, 1.165) is 6.08 Å². The van der Waals surface area contributed by atoms with Crippen molar-refractivity contribution in [1.29, 1.82) is 0 Å². The zero-order chi connectivity index (χ0) is 91.8. The third kappa shape index (κ3) is 35.8. The van der Waals surface area contributed by atoms with Crippen molar-refractivity contribution in [3.8, 4) is 0 Å². The molecule has 0 spiro atoms. The van der Waals surface area contributed by atoms with Crippen molar-refractivity contribution >= 4 is 112 Å². The van der Waals surface area contributed by atoms with Crippen molar-refractivity contribution in [1.82, 2.24) is 79.8 Å². The number of amides is 16. The number of guanidine groups is 1. The van der Waals surface area contributed by atoms with Crippen LogP contribution in [0.25, 0.3) is 0 Å². The molecule has 2 heterocycles. The third-order valence-corrected chi connectivity index (χ3v) is 21.4. The number of hydrogen-bond acceptors (Lipinski definition) is 19. The van der Waals surface area contributed by atoms with Crippen LogP contribution in [-0.4, -0.2) is 219 Å². The van der Waals surface area contributed by atoms with E-state index in [0.29, 0.717) is 24.8 Å². The van der Waals surface area contributed by atoms with E-state index in [1.165, 1.54) is 41.5 Å². The first-order valence-electron chi connectivity index (χ1n) is 41.6. The molecule has 0 saturated carbocycles. The van der Waals surface area contributed by atoms with Gasteiger partial charge in [0, 0.05) is 32.9 Å². The number of hydrogen-bond donors (Lipinski definition) is 20. The van der Waals surface area contributed by atoms with Gasteiger partial charge in [0.25, 0.3) is 0 Å². The number of benzene rings is 1. The lowest BCUT2D eigenvalue weighted by Gasteiger charge is -2.34. The van der Waals surface area contributed by atoms with Gasteiger partial charge < -0.3 is 107 Å². The highest BCUT2D eigenvalue weighted by Gasteiger charge is 2.45. The van der Waals surface area contributed by atoms with Gasteiger partial charge >= 0.3 is 11.9 Å². The predicted octanol–water partition coefficient (Wildman–Crippen LogP) is -0.612. The second kappa shape index (κ2) is 51.1. The van der Waals surface area contributed by atoms with Crippen LogP contribution in [0.4, 0.5) is 0 Å². The fourth-order valence-corrected chi connectivity index (χ4v) is 13.5. The minimum atomic E-state index is -1.96. The molecule has 0 fully saturated rings. The number of carboxylic acid groups (broad SMARTS) is 2. The molecule has 23 N–H and O–H groups in total. The Balaban J connectivity index is 2.13. The number of carbonyl (C=O) groups is 18. The van der Waals surface area contributed by atoms with Gasteiger partial charge in [-0.2, -0.15) is 0 Å². The number of aliphatic carboxylic acids is 2. The van der Waals surface area contributed by atoms with Crippen LogP contribution in [0.3, 0.4) is 0 Å². The largest absolute Gasteiger partial charge is 0.481 e. The van der Waals surface area contributed by atoms with Gasteiger partial charge in [-0.1, -0.05) is 116 Å². The van der Waals surface area contributed by atoms with Crippen LogP contribution in [-0.2, 0) is 92.7 Å². The lowest BCUT2D eigenvalue weighted by Crippen LogP contribution is -2.65. The first-order chi connectivity index (χ1) is 57.3. The van der Waals surface area contributed by atoms with Crippen LogP contribution >= 0.6 is 0 Å². The molecule has 0 aliphatic carbocycles. The number of nitrogens with zero attached hydrogens (tertiary/aromatic N) is 1. The van der Waals surface area contributed by atoms with Crippen molar-refractivity contribution in [3.05, 3.63) is 72.9 Å². The molecule has 1 unspecified atom stereocenters. The Kier molecular flexibility index (Phi) is 43.7. The monoisotopic (exact) mass is 1710 g/mol. The maximum Gasteiger partial charge on any atom is 0.305 e. The summed E-state index contributed by atoms with van der Waals surface area (Å²) in [6.45, 7) is 20.2. The molecule has 15 atom stereocenters. The van der Waals surface area contributed by atoms with Crippen molar-refractivity contribution in [2.45, 2.75) is 294 Å². The number of carboxylic acids is 2. The first-order valence-corrected chi connectivity index (χ1v) is 41.6. The van der Waals surface area contributed by atoms with Gasteiger partial charge in [0.05, 0.1) is 13.0 Å². The Hall–Kier alpha value is -11.8. The maximum atomic E-state index is 15.2. The summed E-state index contributed by atoms with van der Waals surface area (Å²) in [4.78, 5) is 255. The van der Waals surface area contributed by atoms with Gasteiger partial charge in [-0.3, -0.25) is 91.3 Å². The summed E-state index contributed by atoms with van der Waals surface area (Å²) < 4.78 is 0. The van der Waals surface area contributed by atoms with Crippen LogP contribution < -0.4 is 97.0 Å². The van der Waals surface area contributed by atoms with Gasteiger partial charge in [-0.15, -0.1) is 0 Å². The topological polar surface area (TPSA) is 619 Å². The highest BCUT2D eigenvalue weighted by atomic mass is 16.4. The summed E-state index contributed by atoms with van der Waals surface area (Å²) in [6.07, 6.45) is 7.56. The van der Waals surface area contributed by atoms with E-state index >= 15 is 19.2 Å². The van der Waals surface area contributed by atoms with Crippen molar-refractivity contribution in [3.63, 3.8) is 0 Å². The fraction of sp³-hybridized carbons (Fsp3) is 0.627. The van der Waals surface area contributed by atoms with Crippen LogP contribution in [0.5, 0.6) is 0 Å². The van der Waals surface area contributed by atoms with Crippen LogP contribution in [0, 0.1) is 17.8 Å². The molecule has 16 amide bonds. The number of nitrogens with one attached hydrogen (secondary N) is 15. The molecule has 0 bridgehead atoms. The molecule has 2 aliphatic heterocycles. The number of aliphatic imine (C=N–C) groups is 1. The van der Waals surface area contributed by atoms with E-state index in [1.807, 2.05) is 0 Å². The lowest BCUT2D eigenvalue weighted by molar-refractivity contribution is -0.142. The van der Waals surface area contributed by atoms with E-state index in [-0.39, 0.29) is 109 Å². The van der Waals surface area contributed by atoms with E-state index < -0.39 is 233 Å². The smallest absolute Gasteiger partial charge is 0.305 e. The molecule has 39 heteroatoms. The molecule has 0 radical (unpaired) electrons. The summed E-state index contributed by atoms with van der Waals surface area (Å²) >= 11 is 0. The predicted molar refractivity (Wildman–Crippen MR) is 452 cm³/mol. The number of nitrogens with two attached hydrogens (primary N) is 3. The van der Waals surface area contributed by atoms with Gasteiger partial charge in [0.15, 0.2) is 5.96 Å². The fourth-order valence-electron chi connectivity index (χ4n) is 13.5. The van der Waals surface area contributed by atoms with E-state index in [2.05, 4.69) is 91.3 Å². The molecule has 1 aromatic rings. The van der Waals surface area contributed by atoms with E-state index in [4.69, 9.17) is 17.2 Å². The summed E-state index contributed by atoms with van der Waals surface area (Å²) in [5.74, 6) is -19.4. The van der Waals surface area contributed by atoms with Crippen LogP contribution in [0.15, 0.2) is 72.3 Å². The van der Waals surface area contributed by atoms with Crippen LogP contribution in [0.1, 0.15) is 217 Å². The van der Waals surface area contributed by atoms with Crippen molar-refractivity contribution in [2.24, 2.45) is 39.9 Å². The van der Waals surface area contributed by atoms with Gasteiger partial charge in [-0.05, 0) is 167 Å². The van der Waals surface area contributed by atoms with Crippen LogP contribution in [0.2, 0.25) is 0 Å². The molecule has 2 aliphatic rings. The Bertz CT molecular complexity index is 3950. The zero-order valence-corrected chi connectivity index (χ0v) is 72.3. The Morgan fingerprint density at radius 2 is 1.07 bits per heavy atom. The Labute approximate surface area is 712 Å². The zero-order valence-electron chi connectivity index (χ0n) is 72.3. The lowest BCUT2D eigenvalue weighted by atomic mass is 9.90. The summed E-state index contributed by atoms with van der Waals surface area (Å²) in [5.41, 5.74) is 10.4. The quantitative estimate of drug-likeness (QED) is 0.0141. The average molecular weight is 1720 g/mol. The number of carbonyl (C=O) groups excluding carboxylic acids is 16. The molecular formula is C83H131N19O20. The number of rotatable bonds is 32. The standard InChI is InChI=1S/C83H131N19O20/c1-14-49(6)64-73(117)89-47-61(105)91-58(45-63(108)109)72(116)102-82(12,77(121)95-56(66(84)110)44-53-33-26-25-27-34-53)40-30-23-19-20-24-31-41-83(13,78(122)98-64)101-71(115)54(35-32-42-87-79(85)86)92-69(113)57(43-48(4)5)93-68(112)55(36-37-62(106)107)94-76(120)81(11)39-29-22-18-17-21-28-38-80(10,99-52(9)103)75(119)96-59(46-88-60(104)16-3)70(114)97-65(50(7)15-2)74(118)90-51(8)67(111)100-81/h16-20,25-27,33-34,48-51,54-59,64-65H,3,14-15,21-24,28-32,35-47H2,1-2,4-13H3,(H2,84,110)(H,88,104)(H,89,117)(H,90,118)(H,91,105)(H,92,113)(H,93,112)(H,94,120)(H,95,121)(H,96,119)(H,97,114)(H,98,122)(H,99,103)(H,100,111)(H,101,115)(H,102,116)(H,106,107)(H,108,109)(H4,85,86,87)/b18-17+,20-19+/t49-,50-,51-,54-,55-,56-,57-,58-,59?,64-,65-,80-,81-,82-,83-/m0/s1. The molecular weight excluding hydrogens is 1580 g/mol. The second-order valence-corrected chi connectivity index (χ2v) is 32.6. The Morgan fingerprint density at radius 1 is 0.574 bits per heavy atom. The third-order valence-electron chi connectivity index (χ3n) is 21.4. The number of primary amides is 1. The van der Waals surface area contributed by atoms with Crippen molar-refractivity contribution < 1.29 is 96.5 Å². The van der Waals surface area contributed by atoms with Gasteiger partial charge in [-0.25, -0.2) is 0 Å². The summed E-state index contributed by atoms with van der Waals surface area (Å²) in [6, 6.07) is -5.11. The van der Waals surface area contributed by atoms with E-state index in [9.17, 15) is 77.3 Å². The first kappa shape index (κ1) is 104. The average Bonchev–Trinajstić information content (AvgIpc) is 0.887. The Morgan fingerprint density at radius 3 is 1.58 bits per heavy atom. The van der Waals surface area contributed by atoms with E-state index in [1.54, 1.807) is 96.2 Å². The summed E-state index contributed by atoms with van der Waals surface area (Å²) in [7, 11) is 0. The molecule has 39 nitrogen and oxygen atoms in total. The SMILES string of the molecule is C=CC(=O)NCC1NC(=O)[C@@](C)(NC(C)=O)CCC/C=C/CCC[C@@](C)(C(=O)N[C@@H](CCC(=O)O)C(=O)N[C@@H](CC(C)C)C(=O)N[C@@H](CCCN=C(N)N)C(=O)N[C@@]2(C)CCC/C=C/CCC[C@@](C)(C(=O)N[C@@H](Cc3ccccc3)C(N)=O)NC(=O)[C@H](CC(=O)O)NC(=O)CNC(=O)[C@H]([C@@H](C)CC)NC2=O)NC(=O)[C@H](C)NC(=O)[C@H]([C@@H](C)CC)NC1=O.